The second-order valence-corrected chi connectivity index (χ2v) is 5.34. The Labute approximate surface area is 97.6 Å². The van der Waals surface area contributed by atoms with Gasteiger partial charge in [0.1, 0.15) is 5.03 Å². The molecule has 1 aliphatic heterocycles. The first-order valence-corrected chi connectivity index (χ1v) is 5.97. The van der Waals surface area contributed by atoms with Crippen LogP contribution in [0.15, 0.2) is 17.3 Å². The van der Waals surface area contributed by atoms with Gasteiger partial charge in [0.2, 0.25) is 5.91 Å². The van der Waals surface area contributed by atoms with E-state index < -0.39 is 0 Å². The van der Waals surface area contributed by atoms with Crippen LogP contribution in [0.25, 0.3) is 0 Å². The summed E-state index contributed by atoms with van der Waals surface area (Å²) in [7, 11) is 0. The highest BCUT2D eigenvalue weighted by molar-refractivity contribution is 8.00. The van der Waals surface area contributed by atoms with Crippen LogP contribution in [0.2, 0.25) is 5.02 Å². The number of rotatable bonds is 1. The molecule has 0 aromatic carbocycles. The third kappa shape index (κ3) is 2.11. The van der Waals surface area contributed by atoms with E-state index in [0.717, 1.165) is 10.7 Å². The van der Waals surface area contributed by atoms with Crippen molar-refractivity contribution in [2.75, 3.05) is 5.32 Å². The molecule has 80 valence electrons. The Kier molecular flexibility index (Phi) is 2.89. The van der Waals surface area contributed by atoms with E-state index in [9.17, 15) is 4.79 Å². The zero-order valence-electron chi connectivity index (χ0n) is 8.45. The van der Waals surface area contributed by atoms with Crippen molar-refractivity contribution in [2.45, 2.75) is 24.1 Å². The van der Waals surface area contributed by atoms with Crippen LogP contribution >= 0.6 is 23.4 Å². The number of halogens is 1. The molecule has 0 saturated heterocycles. The minimum atomic E-state index is -0.0637. The minimum Gasteiger partial charge on any atom is -0.323 e. The Hall–Kier alpha value is -0.740. The zero-order valence-corrected chi connectivity index (χ0v) is 10.0. The smallest absolute Gasteiger partial charge is 0.238 e. The van der Waals surface area contributed by atoms with Gasteiger partial charge in [0, 0.05) is 6.20 Å². The summed E-state index contributed by atoms with van der Waals surface area (Å²) in [5.74, 6) is 0.326. The summed E-state index contributed by atoms with van der Waals surface area (Å²) in [4.78, 5) is 15.9. The second kappa shape index (κ2) is 4.02. The molecule has 1 aromatic heterocycles. The topological polar surface area (TPSA) is 42.0 Å². The fourth-order valence-corrected chi connectivity index (χ4v) is 2.61. The van der Waals surface area contributed by atoms with Gasteiger partial charge < -0.3 is 5.32 Å². The van der Waals surface area contributed by atoms with Crippen molar-refractivity contribution in [3.8, 4) is 0 Å². The van der Waals surface area contributed by atoms with Crippen LogP contribution in [0.1, 0.15) is 13.8 Å². The molecule has 1 amide bonds. The number of hydrogen-bond donors (Lipinski definition) is 1. The average molecular weight is 243 g/mol. The van der Waals surface area contributed by atoms with Crippen LogP contribution in [-0.4, -0.2) is 16.1 Å². The number of fused-ring (bicyclic) bond motifs is 1. The lowest BCUT2D eigenvalue weighted by molar-refractivity contribution is -0.116. The van der Waals surface area contributed by atoms with Crippen molar-refractivity contribution >= 4 is 35.0 Å². The number of aromatic nitrogens is 1. The Morgan fingerprint density at radius 1 is 1.60 bits per heavy atom. The molecule has 1 atom stereocenters. The summed E-state index contributed by atoms with van der Waals surface area (Å²) in [6.07, 6.45) is 1.60. The third-order valence-electron chi connectivity index (χ3n) is 2.18. The lowest BCUT2D eigenvalue weighted by Crippen LogP contribution is -2.33. The third-order valence-corrected chi connectivity index (χ3v) is 3.95. The molecule has 0 aliphatic carbocycles. The monoisotopic (exact) mass is 242 g/mol. The Balaban J connectivity index is 2.34. The summed E-state index contributed by atoms with van der Waals surface area (Å²) in [5, 5.41) is 4.15. The number of nitrogens with one attached hydrogen (secondary N) is 1. The van der Waals surface area contributed by atoms with Crippen LogP contribution in [0.4, 0.5) is 5.69 Å². The van der Waals surface area contributed by atoms with Crippen LogP contribution in [0.3, 0.4) is 0 Å². The zero-order chi connectivity index (χ0) is 11.0. The number of anilines is 1. The highest BCUT2D eigenvalue weighted by atomic mass is 35.5. The quantitative estimate of drug-likeness (QED) is 0.824. The molecule has 2 heterocycles. The lowest BCUT2D eigenvalue weighted by Gasteiger charge is -2.25. The maximum absolute atomic E-state index is 11.7. The van der Waals surface area contributed by atoms with E-state index in [1.807, 2.05) is 13.8 Å². The molecule has 3 nitrogen and oxygen atoms in total. The van der Waals surface area contributed by atoms with Crippen molar-refractivity contribution in [1.82, 2.24) is 4.98 Å². The van der Waals surface area contributed by atoms with E-state index in [0.29, 0.717) is 10.9 Å². The normalized spacial score (nSPS) is 20.0. The van der Waals surface area contributed by atoms with Crippen LogP contribution in [-0.2, 0) is 4.79 Å². The second-order valence-electron chi connectivity index (χ2n) is 3.78. The van der Waals surface area contributed by atoms with Gasteiger partial charge in [0.15, 0.2) is 0 Å². The molecular weight excluding hydrogens is 232 g/mol. The predicted octanol–water partition coefficient (Wildman–Crippen LogP) is 2.80. The van der Waals surface area contributed by atoms with Gasteiger partial charge in [-0.3, -0.25) is 4.79 Å². The molecule has 0 fully saturated rings. The first-order chi connectivity index (χ1) is 7.08. The highest BCUT2D eigenvalue weighted by Crippen LogP contribution is 2.37. The molecule has 5 heteroatoms. The van der Waals surface area contributed by atoms with Gasteiger partial charge in [-0.15, -0.1) is 0 Å². The molecule has 0 radical (unpaired) electrons. The van der Waals surface area contributed by atoms with Crippen molar-refractivity contribution in [3.63, 3.8) is 0 Å². The standard InChI is InChI=1S/C10H11ClN2OS/c1-5(2)8-9(14)13-7-3-6(11)4-12-10(7)15-8/h3-5,8H,1-2H3,(H,13,14). The Morgan fingerprint density at radius 2 is 2.33 bits per heavy atom. The van der Waals surface area contributed by atoms with Gasteiger partial charge in [-0.25, -0.2) is 4.98 Å². The summed E-state index contributed by atoms with van der Waals surface area (Å²) in [6, 6.07) is 1.73. The van der Waals surface area contributed by atoms with Crippen LogP contribution < -0.4 is 5.32 Å². The van der Waals surface area contributed by atoms with E-state index in [1.54, 1.807) is 12.3 Å². The van der Waals surface area contributed by atoms with Gasteiger partial charge in [-0.1, -0.05) is 37.2 Å². The fourth-order valence-electron chi connectivity index (χ4n) is 1.43. The summed E-state index contributed by atoms with van der Waals surface area (Å²) in [5.41, 5.74) is 0.717. The molecule has 1 N–H and O–H groups in total. The van der Waals surface area contributed by atoms with E-state index >= 15 is 0 Å². The number of pyridine rings is 1. The first-order valence-electron chi connectivity index (χ1n) is 4.71. The van der Waals surface area contributed by atoms with Crippen molar-refractivity contribution in [2.24, 2.45) is 5.92 Å². The predicted molar refractivity (Wildman–Crippen MR) is 62.4 cm³/mol. The number of amides is 1. The van der Waals surface area contributed by atoms with Gasteiger partial charge in [-0.2, -0.15) is 0 Å². The molecule has 1 aromatic rings. The maximum Gasteiger partial charge on any atom is 0.238 e. The van der Waals surface area contributed by atoms with E-state index in [4.69, 9.17) is 11.6 Å². The van der Waals surface area contributed by atoms with Gasteiger partial charge in [0.05, 0.1) is 16.0 Å². The van der Waals surface area contributed by atoms with E-state index in [1.165, 1.54) is 11.8 Å². The van der Waals surface area contributed by atoms with Gasteiger partial charge >= 0.3 is 0 Å². The number of hydrogen-bond acceptors (Lipinski definition) is 3. The fraction of sp³-hybridized carbons (Fsp3) is 0.400. The first kappa shape index (κ1) is 10.8. The molecule has 0 bridgehead atoms. The van der Waals surface area contributed by atoms with E-state index in [-0.39, 0.29) is 11.2 Å². The SMILES string of the molecule is CC(C)C1Sc2ncc(Cl)cc2NC1=O. The highest BCUT2D eigenvalue weighted by Gasteiger charge is 2.30. The molecule has 15 heavy (non-hydrogen) atoms. The molecule has 0 spiro atoms. The number of carbonyl (C=O) groups excluding carboxylic acids is 1. The summed E-state index contributed by atoms with van der Waals surface area (Å²) < 4.78 is 0. The number of thioether (sulfide) groups is 1. The lowest BCUT2D eigenvalue weighted by atomic mass is 10.1. The number of nitrogens with zero attached hydrogens (tertiary/aromatic N) is 1. The van der Waals surface area contributed by atoms with Crippen molar-refractivity contribution in [3.05, 3.63) is 17.3 Å². The molecular formula is C10H11ClN2OS. The van der Waals surface area contributed by atoms with Gasteiger partial charge in [0.25, 0.3) is 0 Å². The average Bonchev–Trinajstić information content (AvgIpc) is 2.15. The van der Waals surface area contributed by atoms with Crippen LogP contribution in [0, 0.1) is 5.92 Å². The maximum atomic E-state index is 11.7. The molecule has 0 saturated carbocycles. The minimum absolute atomic E-state index is 0.0339. The van der Waals surface area contributed by atoms with Crippen LogP contribution in [0.5, 0.6) is 0 Å². The molecule has 1 unspecified atom stereocenters. The van der Waals surface area contributed by atoms with Crippen molar-refractivity contribution < 1.29 is 4.79 Å². The Morgan fingerprint density at radius 3 is 3.00 bits per heavy atom. The summed E-state index contributed by atoms with van der Waals surface area (Å²) >= 11 is 7.30. The van der Waals surface area contributed by atoms with Gasteiger partial charge in [-0.05, 0) is 12.0 Å². The van der Waals surface area contributed by atoms with E-state index in [2.05, 4.69) is 10.3 Å². The molecule has 1 aliphatic rings. The Bertz CT molecular complexity index is 408. The largest absolute Gasteiger partial charge is 0.323 e. The van der Waals surface area contributed by atoms with Crippen molar-refractivity contribution in [1.29, 1.82) is 0 Å². The number of carbonyl (C=O) groups is 1. The summed E-state index contributed by atoms with van der Waals surface area (Å²) in [6.45, 7) is 4.05. The molecule has 2 rings (SSSR count).